The largest absolute Gasteiger partial charge is 0.506 e. The van der Waals surface area contributed by atoms with Gasteiger partial charge in [0, 0.05) is 16.8 Å². The van der Waals surface area contributed by atoms with Gasteiger partial charge in [-0.15, -0.1) is 0 Å². The topological polar surface area (TPSA) is 78.4 Å². The Morgan fingerprint density at radius 3 is 2.30 bits per heavy atom. The zero-order chi connectivity index (χ0) is 19.4. The van der Waals surface area contributed by atoms with E-state index < -0.39 is 17.6 Å². The number of aromatic hydroxyl groups is 1. The van der Waals surface area contributed by atoms with Crippen molar-refractivity contribution < 1.29 is 19.1 Å². The number of rotatable bonds is 4. The highest BCUT2D eigenvalue weighted by Crippen LogP contribution is 2.24. The number of aryl methyl sites for hydroxylation is 1. The summed E-state index contributed by atoms with van der Waals surface area (Å²) in [4.78, 5) is 24.7. The summed E-state index contributed by atoms with van der Waals surface area (Å²) in [5.41, 5.74) is 2.23. The van der Waals surface area contributed by atoms with E-state index in [1.807, 2.05) is 6.92 Å². The van der Waals surface area contributed by atoms with Gasteiger partial charge in [-0.05, 0) is 67.1 Å². The van der Waals surface area contributed by atoms with Crippen LogP contribution < -0.4 is 10.6 Å². The number of phenols is 1. The van der Waals surface area contributed by atoms with E-state index >= 15 is 0 Å². The van der Waals surface area contributed by atoms with E-state index in [1.165, 1.54) is 36.4 Å². The second-order valence-electron chi connectivity index (χ2n) is 6.02. The second kappa shape index (κ2) is 7.70. The van der Waals surface area contributed by atoms with E-state index in [2.05, 4.69) is 10.6 Å². The van der Waals surface area contributed by atoms with Gasteiger partial charge in [-0.1, -0.05) is 12.1 Å². The molecule has 2 amide bonds. The maximum absolute atomic E-state index is 13.0. The van der Waals surface area contributed by atoms with Gasteiger partial charge in [0.1, 0.15) is 11.6 Å². The minimum Gasteiger partial charge on any atom is -0.506 e. The van der Waals surface area contributed by atoms with Crippen LogP contribution in [-0.4, -0.2) is 16.9 Å². The number of hydrogen-bond acceptors (Lipinski definition) is 3. The predicted molar refractivity (Wildman–Crippen MR) is 102 cm³/mol. The van der Waals surface area contributed by atoms with E-state index in [-0.39, 0.29) is 5.75 Å². The summed E-state index contributed by atoms with van der Waals surface area (Å²) >= 11 is 0. The Labute approximate surface area is 155 Å². The van der Waals surface area contributed by atoms with Gasteiger partial charge in [0.05, 0.1) is 5.69 Å². The maximum atomic E-state index is 13.0. The van der Waals surface area contributed by atoms with Crippen molar-refractivity contribution in [2.24, 2.45) is 0 Å². The lowest BCUT2D eigenvalue weighted by atomic mass is 10.1. The number of benzene rings is 3. The summed E-state index contributed by atoms with van der Waals surface area (Å²) in [5.74, 6) is -1.29. The van der Waals surface area contributed by atoms with Gasteiger partial charge in [-0.2, -0.15) is 0 Å². The first kappa shape index (κ1) is 18.1. The van der Waals surface area contributed by atoms with Gasteiger partial charge in [0.2, 0.25) is 0 Å². The smallest absolute Gasteiger partial charge is 0.255 e. The van der Waals surface area contributed by atoms with Crippen LogP contribution in [0.3, 0.4) is 0 Å². The molecule has 3 aromatic rings. The molecule has 3 aromatic carbocycles. The summed E-state index contributed by atoms with van der Waals surface area (Å²) < 4.78 is 13.0. The number of carbonyl (C=O) groups is 2. The van der Waals surface area contributed by atoms with Crippen LogP contribution in [0, 0.1) is 12.7 Å². The van der Waals surface area contributed by atoms with Crippen LogP contribution in [0.2, 0.25) is 0 Å². The Balaban J connectivity index is 1.74. The van der Waals surface area contributed by atoms with Gasteiger partial charge in [0.15, 0.2) is 0 Å². The summed E-state index contributed by atoms with van der Waals surface area (Å²) in [5, 5.41) is 15.2. The first-order chi connectivity index (χ1) is 12.9. The molecule has 0 fully saturated rings. The lowest BCUT2D eigenvalue weighted by Crippen LogP contribution is -2.14. The molecule has 0 spiro atoms. The van der Waals surface area contributed by atoms with Crippen LogP contribution in [0.15, 0.2) is 66.7 Å². The van der Waals surface area contributed by atoms with Gasteiger partial charge < -0.3 is 15.7 Å². The number of anilines is 2. The molecule has 0 radical (unpaired) electrons. The van der Waals surface area contributed by atoms with Gasteiger partial charge in [-0.3, -0.25) is 9.59 Å². The number of nitrogens with one attached hydrogen (secondary N) is 2. The van der Waals surface area contributed by atoms with Gasteiger partial charge in [-0.25, -0.2) is 4.39 Å². The highest BCUT2D eigenvalue weighted by Gasteiger charge is 2.11. The third-order valence-corrected chi connectivity index (χ3v) is 3.89. The lowest BCUT2D eigenvalue weighted by molar-refractivity contribution is 0.101. The fraction of sp³-hybridized carbons (Fsp3) is 0.0476. The molecule has 0 aromatic heterocycles. The second-order valence-corrected chi connectivity index (χ2v) is 6.02. The third kappa shape index (κ3) is 4.49. The summed E-state index contributed by atoms with van der Waals surface area (Å²) in [6, 6.07) is 16.4. The average molecular weight is 364 g/mol. The molecule has 27 heavy (non-hydrogen) atoms. The first-order valence-electron chi connectivity index (χ1n) is 8.20. The molecule has 136 valence electrons. The van der Waals surface area contributed by atoms with Crippen molar-refractivity contribution >= 4 is 23.2 Å². The Hall–Kier alpha value is -3.67. The number of hydrogen-bond donors (Lipinski definition) is 3. The van der Waals surface area contributed by atoms with Crippen LogP contribution in [0.25, 0.3) is 0 Å². The molecule has 0 aliphatic heterocycles. The highest BCUT2D eigenvalue weighted by atomic mass is 19.1. The van der Waals surface area contributed by atoms with Crippen molar-refractivity contribution in [3.05, 3.63) is 89.2 Å². The molecule has 0 heterocycles. The zero-order valence-corrected chi connectivity index (χ0v) is 14.5. The molecule has 0 saturated carbocycles. The van der Waals surface area contributed by atoms with Crippen molar-refractivity contribution in [3.8, 4) is 5.75 Å². The van der Waals surface area contributed by atoms with Crippen LogP contribution in [0.1, 0.15) is 26.3 Å². The Morgan fingerprint density at radius 2 is 1.56 bits per heavy atom. The Bertz CT molecular complexity index is 1000. The molecule has 0 unspecified atom stereocenters. The summed E-state index contributed by atoms with van der Waals surface area (Å²) in [7, 11) is 0. The standard InChI is InChI=1S/C21H17FN2O3/c1-13-5-10-19(25)18(11-13)24-21(27)15-3-2-4-17(12-15)23-20(26)14-6-8-16(22)9-7-14/h2-12,25H,1H3,(H,23,26)(H,24,27). The number of phenolic OH excluding ortho intramolecular Hbond substituents is 1. The number of amides is 2. The molecule has 0 aliphatic rings. The van der Waals surface area contributed by atoms with E-state index in [9.17, 15) is 19.1 Å². The Kier molecular flexibility index (Phi) is 5.17. The quantitative estimate of drug-likeness (QED) is 0.603. The molecule has 3 rings (SSSR count). The molecule has 6 heteroatoms. The molecule has 5 nitrogen and oxygen atoms in total. The van der Waals surface area contributed by atoms with Crippen LogP contribution in [-0.2, 0) is 0 Å². The lowest BCUT2D eigenvalue weighted by Gasteiger charge is -2.10. The van der Waals surface area contributed by atoms with Crippen molar-refractivity contribution in [1.29, 1.82) is 0 Å². The SMILES string of the molecule is Cc1ccc(O)c(NC(=O)c2cccc(NC(=O)c3ccc(F)cc3)c2)c1. The Morgan fingerprint density at radius 1 is 0.852 bits per heavy atom. The number of carbonyl (C=O) groups excluding carboxylic acids is 2. The molecular formula is C21H17FN2O3. The molecule has 3 N–H and O–H groups in total. The maximum Gasteiger partial charge on any atom is 0.255 e. The minimum absolute atomic E-state index is 0.0327. The average Bonchev–Trinajstić information content (AvgIpc) is 2.65. The van der Waals surface area contributed by atoms with Crippen LogP contribution in [0.5, 0.6) is 5.75 Å². The summed E-state index contributed by atoms with van der Waals surface area (Å²) in [6.45, 7) is 1.85. The van der Waals surface area contributed by atoms with Crippen molar-refractivity contribution in [1.82, 2.24) is 0 Å². The fourth-order valence-electron chi connectivity index (χ4n) is 2.49. The van der Waals surface area contributed by atoms with E-state index in [1.54, 1.807) is 30.3 Å². The van der Waals surface area contributed by atoms with Crippen molar-refractivity contribution in [3.63, 3.8) is 0 Å². The summed E-state index contributed by atoms with van der Waals surface area (Å²) in [6.07, 6.45) is 0. The normalized spacial score (nSPS) is 10.3. The monoisotopic (exact) mass is 364 g/mol. The van der Waals surface area contributed by atoms with Crippen molar-refractivity contribution in [2.45, 2.75) is 6.92 Å². The fourth-order valence-corrected chi connectivity index (χ4v) is 2.49. The highest BCUT2D eigenvalue weighted by molar-refractivity contribution is 6.07. The first-order valence-corrected chi connectivity index (χ1v) is 8.20. The van der Waals surface area contributed by atoms with E-state index in [0.717, 1.165) is 5.56 Å². The van der Waals surface area contributed by atoms with E-state index in [4.69, 9.17) is 0 Å². The number of halogens is 1. The third-order valence-electron chi connectivity index (χ3n) is 3.89. The van der Waals surface area contributed by atoms with Crippen molar-refractivity contribution in [2.75, 3.05) is 10.6 Å². The zero-order valence-electron chi connectivity index (χ0n) is 14.5. The van der Waals surface area contributed by atoms with Crippen LogP contribution >= 0.6 is 0 Å². The predicted octanol–water partition coefficient (Wildman–Crippen LogP) is 4.34. The minimum atomic E-state index is -0.426. The molecule has 0 atom stereocenters. The van der Waals surface area contributed by atoms with Crippen LogP contribution in [0.4, 0.5) is 15.8 Å². The molecule has 0 aliphatic carbocycles. The molecule has 0 bridgehead atoms. The molecule has 0 saturated heterocycles. The van der Waals surface area contributed by atoms with E-state index in [0.29, 0.717) is 22.5 Å². The van der Waals surface area contributed by atoms with Gasteiger partial charge >= 0.3 is 0 Å². The molecular weight excluding hydrogens is 347 g/mol. The van der Waals surface area contributed by atoms with Gasteiger partial charge in [0.25, 0.3) is 11.8 Å².